The summed E-state index contributed by atoms with van der Waals surface area (Å²) in [6.45, 7) is 1.27. The number of hydrogen-bond acceptors (Lipinski definition) is 5. The number of halogens is 1. The number of rotatable bonds is 3. The lowest BCUT2D eigenvalue weighted by Crippen LogP contribution is -2.45. The standard InChI is InChI=1S/C11H15BrN2O3S2/c12-11-10(3-9(4-13)18-11)19(15,16)14-5-7-1-2-8(6-14)17-7/h3,7-8H,1-2,4-6,13H2. The molecule has 2 fully saturated rings. The lowest BCUT2D eigenvalue weighted by atomic mass is 10.2. The number of nitrogens with zero attached hydrogens (tertiary/aromatic N) is 1. The third kappa shape index (κ3) is 2.50. The van der Waals surface area contributed by atoms with Crippen LogP contribution in [0.1, 0.15) is 17.7 Å². The van der Waals surface area contributed by atoms with E-state index < -0.39 is 10.0 Å². The van der Waals surface area contributed by atoms with E-state index >= 15 is 0 Å². The summed E-state index contributed by atoms with van der Waals surface area (Å²) in [7, 11) is -3.45. The molecule has 0 saturated carbocycles. The summed E-state index contributed by atoms with van der Waals surface area (Å²) >= 11 is 4.71. The highest BCUT2D eigenvalue weighted by Gasteiger charge is 2.40. The minimum atomic E-state index is -3.45. The van der Waals surface area contributed by atoms with E-state index in [1.807, 2.05) is 0 Å². The molecule has 0 aromatic carbocycles. The molecule has 3 heterocycles. The predicted octanol–water partition coefficient (Wildman–Crippen LogP) is 1.52. The molecular weight excluding hydrogens is 352 g/mol. The number of sulfonamides is 1. The topological polar surface area (TPSA) is 72.6 Å². The number of ether oxygens (including phenoxy) is 1. The van der Waals surface area contributed by atoms with E-state index in [4.69, 9.17) is 10.5 Å². The zero-order valence-electron chi connectivity index (χ0n) is 10.2. The molecule has 2 saturated heterocycles. The van der Waals surface area contributed by atoms with Crippen molar-refractivity contribution in [1.29, 1.82) is 0 Å². The van der Waals surface area contributed by atoms with E-state index in [1.165, 1.54) is 11.3 Å². The monoisotopic (exact) mass is 366 g/mol. The number of morpholine rings is 1. The average molecular weight is 367 g/mol. The van der Waals surface area contributed by atoms with Crippen LogP contribution in [0.5, 0.6) is 0 Å². The minimum Gasteiger partial charge on any atom is -0.372 e. The first-order valence-corrected chi connectivity index (χ1v) is 9.19. The molecule has 0 radical (unpaired) electrons. The Morgan fingerprint density at radius 1 is 1.42 bits per heavy atom. The van der Waals surface area contributed by atoms with Gasteiger partial charge >= 0.3 is 0 Å². The van der Waals surface area contributed by atoms with Crippen LogP contribution in [0.4, 0.5) is 0 Å². The Hall–Kier alpha value is 0.01000. The molecule has 2 aliphatic heterocycles. The van der Waals surface area contributed by atoms with Crippen LogP contribution >= 0.6 is 27.3 Å². The highest BCUT2D eigenvalue weighted by Crippen LogP contribution is 2.36. The highest BCUT2D eigenvalue weighted by molar-refractivity contribution is 9.11. The highest BCUT2D eigenvalue weighted by atomic mass is 79.9. The van der Waals surface area contributed by atoms with Crippen molar-refractivity contribution < 1.29 is 13.2 Å². The molecule has 19 heavy (non-hydrogen) atoms. The molecule has 8 heteroatoms. The Morgan fingerprint density at radius 3 is 2.58 bits per heavy atom. The average Bonchev–Trinajstić information content (AvgIpc) is 2.92. The second-order valence-corrected chi connectivity index (χ2v) is 9.20. The van der Waals surface area contributed by atoms with E-state index in [0.29, 0.717) is 28.3 Å². The van der Waals surface area contributed by atoms with E-state index in [0.717, 1.165) is 17.7 Å². The van der Waals surface area contributed by atoms with Crippen molar-refractivity contribution in [1.82, 2.24) is 4.31 Å². The maximum atomic E-state index is 12.7. The van der Waals surface area contributed by atoms with Gasteiger partial charge in [0.1, 0.15) is 4.90 Å². The Labute approximate surface area is 124 Å². The molecule has 0 amide bonds. The van der Waals surface area contributed by atoms with Crippen molar-refractivity contribution in [2.45, 2.75) is 36.5 Å². The van der Waals surface area contributed by atoms with Gasteiger partial charge in [0.15, 0.2) is 0 Å². The van der Waals surface area contributed by atoms with E-state index in [2.05, 4.69) is 15.9 Å². The van der Waals surface area contributed by atoms with Gasteiger partial charge in [0.05, 0.1) is 16.0 Å². The quantitative estimate of drug-likeness (QED) is 0.879. The molecule has 5 nitrogen and oxygen atoms in total. The third-order valence-corrected chi connectivity index (χ3v) is 7.64. The molecule has 1 aromatic heterocycles. The van der Waals surface area contributed by atoms with Gasteiger partial charge in [-0.15, -0.1) is 11.3 Å². The van der Waals surface area contributed by atoms with Crippen molar-refractivity contribution in [2.75, 3.05) is 13.1 Å². The van der Waals surface area contributed by atoms with Gasteiger partial charge in [0.2, 0.25) is 10.0 Å². The summed E-state index contributed by atoms with van der Waals surface area (Å²) in [6, 6.07) is 1.67. The molecule has 2 aliphatic rings. The van der Waals surface area contributed by atoms with Crippen LogP contribution in [-0.2, 0) is 21.3 Å². The van der Waals surface area contributed by atoms with Gasteiger partial charge in [-0.2, -0.15) is 4.31 Å². The molecule has 0 aliphatic carbocycles. The summed E-state index contributed by atoms with van der Waals surface area (Å²) in [5, 5.41) is 0. The zero-order valence-corrected chi connectivity index (χ0v) is 13.4. The molecule has 0 spiro atoms. The van der Waals surface area contributed by atoms with Crippen LogP contribution in [0.3, 0.4) is 0 Å². The molecule has 2 atom stereocenters. The predicted molar refractivity (Wildman–Crippen MR) is 76.6 cm³/mol. The Kier molecular flexibility index (Phi) is 3.74. The van der Waals surface area contributed by atoms with E-state index in [9.17, 15) is 8.42 Å². The number of thiophene rings is 1. The van der Waals surface area contributed by atoms with Crippen molar-refractivity contribution >= 4 is 37.3 Å². The van der Waals surface area contributed by atoms with E-state index in [1.54, 1.807) is 10.4 Å². The van der Waals surface area contributed by atoms with Crippen LogP contribution < -0.4 is 5.73 Å². The molecule has 106 valence electrons. The lowest BCUT2D eigenvalue weighted by Gasteiger charge is -2.31. The molecule has 1 aromatic rings. The van der Waals surface area contributed by atoms with Crippen LogP contribution in [0.25, 0.3) is 0 Å². The van der Waals surface area contributed by atoms with Gasteiger partial charge < -0.3 is 10.5 Å². The second kappa shape index (κ2) is 5.09. The van der Waals surface area contributed by atoms with E-state index in [-0.39, 0.29) is 12.2 Å². The summed E-state index contributed by atoms with van der Waals surface area (Å²) in [4.78, 5) is 1.20. The summed E-state index contributed by atoms with van der Waals surface area (Å²) in [5.74, 6) is 0. The van der Waals surface area contributed by atoms with Gasteiger partial charge in [-0.1, -0.05) is 0 Å². The fraction of sp³-hybridized carbons (Fsp3) is 0.636. The minimum absolute atomic E-state index is 0.0555. The first kappa shape index (κ1) is 14.0. The summed E-state index contributed by atoms with van der Waals surface area (Å²) in [6.07, 6.45) is 2.02. The SMILES string of the molecule is NCc1cc(S(=O)(=O)N2CC3CCC(C2)O3)c(Br)s1. The Bertz CT molecular complexity index is 575. The van der Waals surface area contributed by atoms with Crippen LogP contribution in [-0.4, -0.2) is 38.0 Å². The Balaban J connectivity index is 1.91. The number of nitrogens with two attached hydrogens (primary N) is 1. The van der Waals surface area contributed by atoms with Crippen LogP contribution in [0.15, 0.2) is 14.7 Å². The smallest absolute Gasteiger partial charge is 0.245 e. The lowest BCUT2D eigenvalue weighted by molar-refractivity contribution is -0.0114. The maximum Gasteiger partial charge on any atom is 0.245 e. The molecule has 2 bridgehead atoms. The van der Waals surface area contributed by atoms with Gasteiger partial charge in [0.25, 0.3) is 0 Å². The first-order chi connectivity index (χ1) is 9.00. The van der Waals surface area contributed by atoms with Crippen molar-refractivity contribution in [3.05, 3.63) is 14.7 Å². The summed E-state index contributed by atoms with van der Waals surface area (Å²) < 4.78 is 33.2. The molecule has 2 N–H and O–H groups in total. The van der Waals surface area contributed by atoms with Gasteiger partial charge in [-0.25, -0.2) is 8.42 Å². The number of fused-ring (bicyclic) bond motifs is 2. The normalized spacial score (nSPS) is 27.9. The van der Waals surface area contributed by atoms with Crippen molar-refractivity contribution in [3.8, 4) is 0 Å². The fourth-order valence-electron chi connectivity index (χ4n) is 2.59. The van der Waals surface area contributed by atoms with Gasteiger partial charge in [-0.3, -0.25) is 0 Å². The zero-order chi connectivity index (χ0) is 13.6. The van der Waals surface area contributed by atoms with Gasteiger partial charge in [0, 0.05) is 24.5 Å². The van der Waals surface area contributed by atoms with Crippen molar-refractivity contribution in [2.24, 2.45) is 5.73 Å². The van der Waals surface area contributed by atoms with Crippen LogP contribution in [0.2, 0.25) is 0 Å². The third-order valence-electron chi connectivity index (χ3n) is 3.54. The van der Waals surface area contributed by atoms with Gasteiger partial charge in [-0.05, 0) is 34.8 Å². The maximum absolute atomic E-state index is 12.7. The largest absolute Gasteiger partial charge is 0.372 e. The van der Waals surface area contributed by atoms with Crippen LogP contribution in [0, 0.1) is 0 Å². The van der Waals surface area contributed by atoms with Crippen molar-refractivity contribution in [3.63, 3.8) is 0 Å². The first-order valence-electron chi connectivity index (χ1n) is 6.14. The molecular formula is C11H15BrN2O3S2. The molecule has 2 unspecified atom stereocenters. The Morgan fingerprint density at radius 2 is 2.05 bits per heavy atom. The summed E-state index contributed by atoms with van der Waals surface area (Å²) in [5.41, 5.74) is 5.57. The molecule has 3 rings (SSSR count). The second-order valence-electron chi connectivity index (χ2n) is 4.83. The fourth-order valence-corrected chi connectivity index (χ4v) is 6.60. The number of hydrogen-bond donors (Lipinski definition) is 1.